The molecule has 0 saturated carbocycles. The van der Waals surface area contributed by atoms with Gasteiger partial charge in [-0.2, -0.15) is 13.2 Å². The van der Waals surface area contributed by atoms with E-state index in [0.717, 1.165) is 21.7 Å². The molecule has 0 unspecified atom stereocenters. The van der Waals surface area contributed by atoms with Crippen molar-refractivity contribution >= 4 is 27.5 Å². The van der Waals surface area contributed by atoms with Crippen molar-refractivity contribution in [1.82, 2.24) is 9.55 Å². The number of para-hydroxylation sites is 1. The summed E-state index contributed by atoms with van der Waals surface area (Å²) >= 11 is 1.19. The molecule has 3 rings (SSSR count). The quantitative estimate of drug-likeness (QED) is 0.783. The van der Waals surface area contributed by atoms with Gasteiger partial charge in [-0.3, -0.25) is 4.57 Å². The minimum absolute atomic E-state index is 0.286. The van der Waals surface area contributed by atoms with E-state index in [4.69, 9.17) is 5.11 Å². The van der Waals surface area contributed by atoms with Gasteiger partial charge in [-0.05, 0) is 12.1 Å². The number of alkyl halides is 3. The molecule has 2 aromatic heterocycles. The van der Waals surface area contributed by atoms with Crippen LogP contribution in [0.15, 0.2) is 36.7 Å². The Morgan fingerprint density at radius 3 is 2.52 bits per heavy atom. The highest BCUT2D eigenvalue weighted by Crippen LogP contribution is 2.34. The van der Waals surface area contributed by atoms with Gasteiger partial charge in [0.05, 0.1) is 21.3 Å². The van der Waals surface area contributed by atoms with Crippen LogP contribution in [-0.4, -0.2) is 20.6 Å². The minimum atomic E-state index is -4.73. The van der Waals surface area contributed by atoms with E-state index in [1.54, 1.807) is 24.3 Å². The maximum absolute atomic E-state index is 12.8. The molecule has 0 spiro atoms. The standard InChI is InChI=1S/C13H7F3N2O2S/c14-13(15,16)8-6-18(5-7(8)11(19)20)12-17-9-3-1-2-4-10(9)21-12/h1-6H,(H,19,20). The molecule has 0 bridgehead atoms. The lowest BCUT2D eigenvalue weighted by atomic mass is 10.2. The van der Waals surface area contributed by atoms with Gasteiger partial charge in [0.15, 0.2) is 5.13 Å². The van der Waals surface area contributed by atoms with E-state index in [0.29, 0.717) is 5.52 Å². The summed E-state index contributed by atoms with van der Waals surface area (Å²) in [6, 6.07) is 7.10. The van der Waals surface area contributed by atoms with Gasteiger partial charge in [0.1, 0.15) is 0 Å². The zero-order chi connectivity index (χ0) is 15.2. The second kappa shape index (κ2) is 4.59. The van der Waals surface area contributed by atoms with Crippen LogP contribution in [0.2, 0.25) is 0 Å². The van der Waals surface area contributed by atoms with Crippen molar-refractivity contribution in [3.63, 3.8) is 0 Å². The Morgan fingerprint density at radius 1 is 1.24 bits per heavy atom. The fourth-order valence-electron chi connectivity index (χ4n) is 1.93. The molecule has 1 aromatic carbocycles. The van der Waals surface area contributed by atoms with E-state index in [1.165, 1.54) is 11.3 Å². The molecule has 4 nitrogen and oxygen atoms in total. The van der Waals surface area contributed by atoms with Crippen molar-refractivity contribution in [2.24, 2.45) is 0 Å². The predicted molar refractivity (Wildman–Crippen MR) is 70.9 cm³/mol. The minimum Gasteiger partial charge on any atom is -0.478 e. The first kappa shape index (κ1) is 13.6. The van der Waals surface area contributed by atoms with Crippen LogP contribution in [0.1, 0.15) is 15.9 Å². The predicted octanol–water partition coefficient (Wildman–Crippen LogP) is 3.80. The zero-order valence-corrected chi connectivity index (χ0v) is 11.1. The van der Waals surface area contributed by atoms with Gasteiger partial charge in [0, 0.05) is 12.4 Å². The molecule has 0 radical (unpaired) electrons. The summed E-state index contributed by atoms with van der Waals surface area (Å²) in [7, 11) is 0. The van der Waals surface area contributed by atoms with Crippen LogP contribution < -0.4 is 0 Å². The van der Waals surface area contributed by atoms with Crippen LogP contribution in [0.4, 0.5) is 13.2 Å². The molecule has 0 aliphatic heterocycles. The van der Waals surface area contributed by atoms with Crippen molar-refractivity contribution in [3.8, 4) is 5.13 Å². The van der Waals surface area contributed by atoms with Crippen molar-refractivity contribution in [3.05, 3.63) is 47.8 Å². The first-order valence-corrected chi connectivity index (χ1v) is 6.56. The van der Waals surface area contributed by atoms with Crippen molar-refractivity contribution in [2.75, 3.05) is 0 Å². The monoisotopic (exact) mass is 312 g/mol. The summed E-state index contributed by atoms with van der Waals surface area (Å²) in [6.07, 6.45) is -3.04. The molecule has 1 N–H and O–H groups in total. The average Bonchev–Trinajstić information content (AvgIpc) is 3.02. The number of aromatic nitrogens is 2. The van der Waals surface area contributed by atoms with E-state index >= 15 is 0 Å². The number of nitrogens with zero attached hydrogens (tertiary/aromatic N) is 2. The third-order valence-electron chi connectivity index (χ3n) is 2.87. The van der Waals surface area contributed by atoms with Gasteiger partial charge in [0.25, 0.3) is 0 Å². The SMILES string of the molecule is O=C(O)c1cn(-c2nc3ccccc3s2)cc1C(F)(F)F. The van der Waals surface area contributed by atoms with Gasteiger partial charge in [0.2, 0.25) is 0 Å². The van der Waals surface area contributed by atoms with Crippen LogP contribution in [-0.2, 0) is 6.18 Å². The van der Waals surface area contributed by atoms with Crippen molar-refractivity contribution in [1.29, 1.82) is 0 Å². The molecule has 2 heterocycles. The molecule has 0 atom stereocenters. The Hall–Kier alpha value is -2.35. The molecule has 3 aromatic rings. The summed E-state index contributed by atoms with van der Waals surface area (Å²) in [4.78, 5) is 15.2. The lowest BCUT2D eigenvalue weighted by molar-refractivity contribution is -0.138. The van der Waals surface area contributed by atoms with E-state index in [9.17, 15) is 18.0 Å². The second-order valence-corrected chi connectivity index (χ2v) is 5.27. The van der Waals surface area contributed by atoms with Gasteiger partial charge < -0.3 is 5.11 Å². The third-order valence-corrected chi connectivity index (χ3v) is 3.92. The second-order valence-electron chi connectivity index (χ2n) is 4.26. The number of hydrogen-bond acceptors (Lipinski definition) is 3. The Labute approximate surface area is 120 Å². The molecule has 0 saturated heterocycles. The van der Waals surface area contributed by atoms with Crippen LogP contribution in [0.3, 0.4) is 0 Å². The third kappa shape index (κ3) is 2.38. The summed E-state index contributed by atoms with van der Waals surface area (Å²) in [5, 5.41) is 9.18. The van der Waals surface area contributed by atoms with Crippen molar-refractivity contribution < 1.29 is 23.1 Å². The summed E-state index contributed by atoms with van der Waals surface area (Å²) in [6.45, 7) is 0. The number of rotatable bonds is 2. The van der Waals surface area contributed by atoms with Gasteiger partial charge in [-0.15, -0.1) is 0 Å². The largest absolute Gasteiger partial charge is 0.478 e. The van der Waals surface area contributed by atoms with Crippen LogP contribution in [0, 0.1) is 0 Å². The topological polar surface area (TPSA) is 55.1 Å². The summed E-state index contributed by atoms with van der Waals surface area (Å²) in [5.74, 6) is -1.62. The van der Waals surface area contributed by atoms with E-state index < -0.39 is 23.3 Å². The highest BCUT2D eigenvalue weighted by molar-refractivity contribution is 7.20. The zero-order valence-electron chi connectivity index (χ0n) is 10.3. The number of carbonyl (C=O) groups is 1. The number of fused-ring (bicyclic) bond motifs is 1. The molecule has 0 amide bonds. The van der Waals surface area contributed by atoms with Crippen molar-refractivity contribution in [2.45, 2.75) is 6.18 Å². The van der Waals surface area contributed by atoms with Gasteiger partial charge in [-0.25, -0.2) is 9.78 Å². The normalized spacial score (nSPS) is 12.0. The lowest BCUT2D eigenvalue weighted by Gasteiger charge is -2.03. The van der Waals surface area contributed by atoms with E-state index in [1.807, 2.05) is 0 Å². The number of thiazole rings is 1. The summed E-state index contributed by atoms with van der Waals surface area (Å²) in [5.41, 5.74) is -1.33. The highest BCUT2D eigenvalue weighted by atomic mass is 32.1. The smallest absolute Gasteiger partial charge is 0.418 e. The maximum Gasteiger partial charge on any atom is 0.418 e. The average molecular weight is 312 g/mol. The highest BCUT2D eigenvalue weighted by Gasteiger charge is 2.37. The molecule has 0 aliphatic carbocycles. The number of hydrogen-bond donors (Lipinski definition) is 1. The van der Waals surface area contributed by atoms with Crippen LogP contribution in [0.5, 0.6) is 0 Å². The first-order valence-electron chi connectivity index (χ1n) is 5.74. The lowest BCUT2D eigenvalue weighted by Crippen LogP contribution is -2.09. The molecule has 108 valence electrons. The number of carboxylic acids is 1. The molecular formula is C13H7F3N2O2S. The van der Waals surface area contributed by atoms with Crippen LogP contribution >= 0.6 is 11.3 Å². The number of halogens is 3. The molecule has 0 aliphatic rings. The molecule has 0 fully saturated rings. The Morgan fingerprint density at radius 2 is 1.95 bits per heavy atom. The summed E-state index contributed by atoms with van der Waals surface area (Å²) < 4.78 is 40.5. The Bertz CT molecular complexity index is 802. The maximum atomic E-state index is 12.8. The number of benzene rings is 1. The Kier molecular flexibility index (Phi) is 2.98. The fourth-order valence-corrected chi connectivity index (χ4v) is 2.85. The first-order chi connectivity index (χ1) is 9.86. The van der Waals surface area contributed by atoms with Gasteiger partial charge >= 0.3 is 12.1 Å². The molecular weight excluding hydrogens is 305 g/mol. The Balaban J connectivity index is 2.16. The molecule has 8 heteroatoms. The van der Waals surface area contributed by atoms with E-state index in [2.05, 4.69) is 4.98 Å². The molecule has 21 heavy (non-hydrogen) atoms. The number of aromatic carboxylic acids is 1. The fraction of sp³-hybridized carbons (Fsp3) is 0.0769. The van der Waals surface area contributed by atoms with E-state index in [-0.39, 0.29) is 5.13 Å². The number of carboxylic acid groups (broad SMARTS) is 1. The van der Waals surface area contributed by atoms with Crippen LogP contribution in [0.25, 0.3) is 15.3 Å². The van der Waals surface area contributed by atoms with Gasteiger partial charge in [-0.1, -0.05) is 23.5 Å².